The normalized spacial score (nSPS) is 23.9. The van der Waals surface area contributed by atoms with E-state index < -0.39 is 5.91 Å². The molecule has 5 nitrogen and oxygen atoms in total. The van der Waals surface area contributed by atoms with E-state index in [1.807, 2.05) is 4.90 Å². The molecule has 2 unspecified atom stereocenters. The van der Waals surface area contributed by atoms with E-state index in [0.29, 0.717) is 17.2 Å². The molecule has 1 aliphatic heterocycles. The van der Waals surface area contributed by atoms with Gasteiger partial charge in [-0.2, -0.15) is 0 Å². The number of likely N-dealkylation sites (tertiary alicyclic amines) is 1. The lowest BCUT2D eigenvalue weighted by atomic mass is 9.75. The topological polar surface area (TPSA) is 72.6 Å². The predicted molar refractivity (Wildman–Crippen MR) is 87.1 cm³/mol. The van der Waals surface area contributed by atoms with Gasteiger partial charge in [0, 0.05) is 18.7 Å². The number of amides is 2. The molecule has 23 heavy (non-hydrogen) atoms. The lowest BCUT2D eigenvalue weighted by Crippen LogP contribution is -2.44. The molecule has 124 valence electrons. The van der Waals surface area contributed by atoms with E-state index in [2.05, 4.69) is 0 Å². The summed E-state index contributed by atoms with van der Waals surface area (Å²) in [7, 11) is 0. The first kappa shape index (κ1) is 15.8. The van der Waals surface area contributed by atoms with Gasteiger partial charge in [-0.05, 0) is 48.9 Å². The number of hydrogen-bond acceptors (Lipinski definition) is 3. The molecule has 1 saturated carbocycles. The van der Waals surface area contributed by atoms with Crippen molar-refractivity contribution in [2.45, 2.75) is 32.1 Å². The Morgan fingerprint density at radius 2 is 1.78 bits per heavy atom. The van der Waals surface area contributed by atoms with Crippen LogP contribution in [-0.2, 0) is 4.79 Å². The van der Waals surface area contributed by atoms with Crippen LogP contribution in [0.4, 0.5) is 0 Å². The van der Waals surface area contributed by atoms with Crippen molar-refractivity contribution in [2.75, 3.05) is 19.7 Å². The predicted octanol–water partition coefficient (Wildman–Crippen LogP) is 2.20. The SMILES string of the molecule is NC(=O)COc1ccc(C(=O)N2CCC3CCCCC3C2)cc1. The Hall–Kier alpha value is -2.04. The molecule has 1 saturated heterocycles. The molecule has 0 bridgehead atoms. The summed E-state index contributed by atoms with van der Waals surface area (Å²) in [6, 6.07) is 6.93. The zero-order valence-corrected chi connectivity index (χ0v) is 13.4. The number of rotatable bonds is 4. The molecule has 2 fully saturated rings. The summed E-state index contributed by atoms with van der Waals surface area (Å²) >= 11 is 0. The van der Waals surface area contributed by atoms with Crippen LogP contribution in [0.1, 0.15) is 42.5 Å². The second-order valence-electron chi connectivity index (χ2n) is 6.62. The van der Waals surface area contributed by atoms with Crippen LogP contribution in [0, 0.1) is 11.8 Å². The van der Waals surface area contributed by atoms with Crippen LogP contribution in [0.2, 0.25) is 0 Å². The smallest absolute Gasteiger partial charge is 0.255 e. The Labute approximate surface area is 136 Å². The van der Waals surface area contributed by atoms with Crippen LogP contribution >= 0.6 is 0 Å². The molecule has 2 atom stereocenters. The van der Waals surface area contributed by atoms with Crippen molar-refractivity contribution in [2.24, 2.45) is 17.6 Å². The zero-order valence-electron chi connectivity index (χ0n) is 13.4. The van der Waals surface area contributed by atoms with Crippen molar-refractivity contribution < 1.29 is 14.3 Å². The van der Waals surface area contributed by atoms with E-state index in [-0.39, 0.29) is 12.5 Å². The van der Waals surface area contributed by atoms with Gasteiger partial charge in [-0.15, -0.1) is 0 Å². The Bertz CT molecular complexity index is 570. The first-order valence-electron chi connectivity index (χ1n) is 8.44. The number of benzene rings is 1. The van der Waals surface area contributed by atoms with E-state index in [4.69, 9.17) is 10.5 Å². The van der Waals surface area contributed by atoms with Crippen molar-refractivity contribution in [3.05, 3.63) is 29.8 Å². The second kappa shape index (κ2) is 7.02. The average molecular weight is 316 g/mol. The minimum atomic E-state index is -0.513. The summed E-state index contributed by atoms with van der Waals surface area (Å²) in [5.41, 5.74) is 5.72. The standard InChI is InChI=1S/C18H24N2O3/c19-17(21)12-23-16-7-5-14(6-8-16)18(22)20-10-9-13-3-1-2-4-15(13)11-20/h5-8,13,15H,1-4,9-12H2,(H2,19,21). The molecule has 5 heteroatoms. The quantitative estimate of drug-likeness (QED) is 0.925. The molecule has 1 aromatic rings. The van der Waals surface area contributed by atoms with Crippen LogP contribution in [0.25, 0.3) is 0 Å². The maximum absolute atomic E-state index is 12.7. The fraction of sp³-hybridized carbons (Fsp3) is 0.556. The highest BCUT2D eigenvalue weighted by Crippen LogP contribution is 2.36. The fourth-order valence-corrected chi connectivity index (χ4v) is 3.82. The number of carbonyl (C=O) groups is 2. The van der Waals surface area contributed by atoms with Crippen molar-refractivity contribution in [3.63, 3.8) is 0 Å². The average Bonchev–Trinajstić information content (AvgIpc) is 2.59. The summed E-state index contributed by atoms with van der Waals surface area (Å²) < 4.78 is 5.22. The number of ether oxygens (including phenoxy) is 1. The molecule has 2 N–H and O–H groups in total. The van der Waals surface area contributed by atoms with Crippen LogP contribution in [0.3, 0.4) is 0 Å². The highest BCUT2D eigenvalue weighted by atomic mass is 16.5. The highest BCUT2D eigenvalue weighted by Gasteiger charge is 2.33. The van der Waals surface area contributed by atoms with Crippen molar-refractivity contribution in [1.82, 2.24) is 4.90 Å². The van der Waals surface area contributed by atoms with E-state index >= 15 is 0 Å². The minimum Gasteiger partial charge on any atom is -0.484 e. The van der Waals surface area contributed by atoms with Crippen molar-refractivity contribution in [1.29, 1.82) is 0 Å². The molecular formula is C18H24N2O3. The van der Waals surface area contributed by atoms with Gasteiger partial charge < -0.3 is 15.4 Å². The van der Waals surface area contributed by atoms with Gasteiger partial charge in [-0.1, -0.05) is 19.3 Å². The van der Waals surface area contributed by atoms with Gasteiger partial charge in [0.25, 0.3) is 11.8 Å². The zero-order chi connectivity index (χ0) is 16.2. The number of hydrogen-bond donors (Lipinski definition) is 1. The molecular weight excluding hydrogens is 292 g/mol. The van der Waals surface area contributed by atoms with Gasteiger partial charge in [0.1, 0.15) is 5.75 Å². The second-order valence-corrected chi connectivity index (χ2v) is 6.62. The molecule has 0 spiro atoms. The minimum absolute atomic E-state index is 0.0930. The molecule has 1 aromatic carbocycles. The van der Waals surface area contributed by atoms with Crippen molar-refractivity contribution in [3.8, 4) is 5.75 Å². The molecule has 0 radical (unpaired) electrons. The maximum Gasteiger partial charge on any atom is 0.255 e. The third-order valence-electron chi connectivity index (χ3n) is 5.06. The molecule has 1 aliphatic carbocycles. The highest BCUT2D eigenvalue weighted by molar-refractivity contribution is 5.94. The van der Waals surface area contributed by atoms with Crippen LogP contribution in [0.5, 0.6) is 5.75 Å². The lowest BCUT2D eigenvalue weighted by Gasteiger charge is -2.41. The molecule has 2 amide bonds. The Balaban J connectivity index is 1.60. The summed E-state index contributed by atoms with van der Waals surface area (Å²) in [6.45, 7) is 1.60. The van der Waals surface area contributed by atoms with Gasteiger partial charge in [0.2, 0.25) is 0 Å². The van der Waals surface area contributed by atoms with Crippen LogP contribution in [-0.4, -0.2) is 36.4 Å². The molecule has 2 aliphatic rings. The van der Waals surface area contributed by atoms with E-state index in [0.717, 1.165) is 25.4 Å². The number of carbonyl (C=O) groups excluding carboxylic acids is 2. The number of piperidine rings is 1. The van der Waals surface area contributed by atoms with Crippen LogP contribution < -0.4 is 10.5 Å². The molecule has 1 heterocycles. The Morgan fingerprint density at radius 3 is 2.48 bits per heavy atom. The van der Waals surface area contributed by atoms with Crippen molar-refractivity contribution >= 4 is 11.8 Å². The van der Waals surface area contributed by atoms with Gasteiger partial charge >= 0.3 is 0 Å². The number of nitrogens with two attached hydrogens (primary N) is 1. The largest absolute Gasteiger partial charge is 0.484 e. The summed E-state index contributed by atoms with van der Waals surface area (Å²) in [5, 5.41) is 0. The van der Waals surface area contributed by atoms with Gasteiger partial charge in [-0.25, -0.2) is 0 Å². The maximum atomic E-state index is 12.7. The van der Waals surface area contributed by atoms with E-state index in [1.165, 1.54) is 25.7 Å². The van der Waals surface area contributed by atoms with E-state index in [9.17, 15) is 9.59 Å². The number of nitrogens with zero attached hydrogens (tertiary/aromatic N) is 1. The number of primary amides is 1. The summed E-state index contributed by atoms with van der Waals surface area (Å²) in [4.78, 5) is 25.4. The van der Waals surface area contributed by atoms with Gasteiger partial charge in [0.15, 0.2) is 6.61 Å². The number of fused-ring (bicyclic) bond motifs is 1. The monoisotopic (exact) mass is 316 g/mol. The lowest BCUT2D eigenvalue weighted by molar-refractivity contribution is -0.119. The van der Waals surface area contributed by atoms with Crippen LogP contribution in [0.15, 0.2) is 24.3 Å². The summed E-state index contributed by atoms with van der Waals surface area (Å²) in [5.74, 6) is 1.62. The first-order valence-corrected chi connectivity index (χ1v) is 8.44. The third kappa shape index (κ3) is 3.84. The Morgan fingerprint density at radius 1 is 1.09 bits per heavy atom. The van der Waals surface area contributed by atoms with Gasteiger partial charge in [-0.3, -0.25) is 9.59 Å². The fourth-order valence-electron chi connectivity index (χ4n) is 3.82. The van der Waals surface area contributed by atoms with Gasteiger partial charge in [0.05, 0.1) is 0 Å². The van der Waals surface area contributed by atoms with E-state index in [1.54, 1.807) is 24.3 Å². The Kier molecular flexibility index (Phi) is 4.84. The first-order chi connectivity index (χ1) is 11.1. The summed E-state index contributed by atoms with van der Waals surface area (Å²) in [6.07, 6.45) is 6.38. The molecule has 0 aromatic heterocycles. The molecule has 3 rings (SSSR count). The third-order valence-corrected chi connectivity index (χ3v) is 5.06.